The van der Waals surface area contributed by atoms with Crippen molar-refractivity contribution in [3.63, 3.8) is 0 Å². The van der Waals surface area contributed by atoms with E-state index in [1.807, 2.05) is 20.8 Å². The first-order chi connectivity index (χ1) is 7.77. The zero-order valence-electron chi connectivity index (χ0n) is 10.2. The van der Waals surface area contributed by atoms with Gasteiger partial charge in [-0.3, -0.25) is 5.10 Å². The Morgan fingerprint density at radius 3 is 2.59 bits per heavy atom. The third-order valence-corrected chi connectivity index (χ3v) is 4.42. The Hall–Kier alpha value is -0.400. The molecule has 1 atom stereocenters. The number of rotatable bonds is 5. The Balaban J connectivity index is 2.88. The number of hydrogen-bond donors (Lipinski definition) is 2. The number of nitrogens with one attached hydrogen (secondary N) is 2. The van der Waals surface area contributed by atoms with E-state index in [1.54, 1.807) is 0 Å². The summed E-state index contributed by atoms with van der Waals surface area (Å²) in [5.41, 5.74) is -0.134. The summed E-state index contributed by atoms with van der Waals surface area (Å²) in [7, 11) is -3.49. The molecule has 7 heteroatoms. The van der Waals surface area contributed by atoms with E-state index in [-0.39, 0.29) is 16.4 Å². The molecule has 17 heavy (non-hydrogen) atoms. The topological polar surface area (TPSA) is 74.8 Å². The standard InChI is InChI=1S/C10H18BrN3O2S/c1-10(2,3)9(4-5-11)14-17(15,16)8-6-12-13-7-8/h6-7,9,14H,4-5H2,1-3H3,(H,12,13). The summed E-state index contributed by atoms with van der Waals surface area (Å²) in [6, 6.07) is -0.123. The van der Waals surface area contributed by atoms with E-state index in [0.29, 0.717) is 0 Å². The molecule has 1 unspecified atom stereocenters. The summed E-state index contributed by atoms with van der Waals surface area (Å²) in [5.74, 6) is 0. The fourth-order valence-electron chi connectivity index (χ4n) is 1.42. The summed E-state index contributed by atoms with van der Waals surface area (Å²) in [4.78, 5) is 0.168. The molecule has 0 spiro atoms. The van der Waals surface area contributed by atoms with Gasteiger partial charge in [-0.05, 0) is 11.8 Å². The summed E-state index contributed by atoms with van der Waals surface area (Å²) in [6.07, 6.45) is 3.41. The van der Waals surface area contributed by atoms with Crippen LogP contribution in [0.1, 0.15) is 27.2 Å². The summed E-state index contributed by atoms with van der Waals surface area (Å²) in [6.45, 7) is 6.04. The molecule has 0 saturated heterocycles. The van der Waals surface area contributed by atoms with Gasteiger partial charge in [0.2, 0.25) is 10.0 Å². The number of alkyl halides is 1. The predicted molar refractivity (Wildman–Crippen MR) is 70.6 cm³/mol. The van der Waals surface area contributed by atoms with Crippen molar-refractivity contribution >= 4 is 26.0 Å². The second-order valence-electron chi connectivity index (χ2n) is 4.95. The van der Waals surface area contributed by atoms with E-state index in [9.17, 15) is 8.42 Å². The number of halogens is 1. The molecule has 0 aromatic carbocycles. The lowest BCUT2D eigenvalue weighted by Gasteiger charge is -2.30. The molecule has 0 radical (unpaired) electrons. The van der Waals surface area contributed by atoms with E-state index in [0.717, 1.165) is 11.8 Å². The van der Waals surface area contributed by atoms with Crippen molar-refractivity contribution in [2.45, 2.75) is 38.1 Å². The van der Waals surface area contributed by atoms with Crippen LogP contribution >= 0.6 is 15.9 Å². The lowest BCUT2D eigenvalue weighted by atomic mass is 9.86. The molecule has 1 heterocycles. The third-order valence-electron chi connectivity index (χ3n) is 2.52. The molecule has 1 aromatic heterocycles. The Morgan fingerprint density at radius 2 is 2.18 bits per heavy atom. The van der Waals surface area contributed by atoms with Gasteiger partial charge in [0.25, 0.3) is 0 Å². The fraction of sp³-hybridized carbons (Fsp3) is 0.700. The number of sulfonamides is 1. The molecule has 0 bridgehead atoms. The Kier molecular flexibility index (Phi) is 4.74. The third kappa shape index (κ3) is 4.08. The molecule has 0 amide bonds. The molecule has 0 saturated carbocycles. The number of nitrogens with zero attached hydrogens (tertiary/aromatic N) is 1. The first kappa shape index (κ1) is 14.7. The summed E-state index contributed by atoms with van der Waals surface area (Å²) in [5, 5.41) is 6.90. The first-order valence-corrected chi connectivity index (χ1v) is 7.95. The number of H-pyrrole nitrogens is 1. The van der Waals surface area contributed by atoms with E-state index in [2.05, 4.69) is 30.8 Å². The molecule has 0 aliphatic rings. The molecule has 1 rings (SSSR count). The molecule has 0 fully saturated rings. The average Bonchev–Trinajstić information content (AvgIpc) is 2.68. The Bertz CT molecular complexity index is 437. The minimum atomic E-state index is -3.49. The minimum Gasteiger partial charge on any atom is -0.284 e. The maximum Gasteiger partial charge on any atom is 0.243 e. The van der Waals surface area contributed by atoms with Crippen molar-refractivity contribution in [1.29, 1.82) is 0 Å². The van der Waals surface area contributed by atoms with Gasteiger partial charge in [0.05, 0.1) is 6.20 Å². The monoisotopic (exact) mass is 323 g/mol. The van der Waals surface area contributed by atoms with Crippen LogP contribution in [0.2, 0.25) is 0 Å². The minimum absolute atomic E-state index is 0.123. The normalized spacial score (nSPS) is 14.8. The molecular weight excluding hydrogens is 306 g/mol. The van der Waals surface area contributed by atoms with E-state index in [1.165, 1.54) is 12.4 Å². The summed E-state index contributed by atoms with van der Waals surface area (Å²) < 4.78 is 26.8. The van der Waals surface area contributed by atoms with Gasteiger partial charge in [0.1, 0.15) is 4.90 Å². The van der Waals surface area contributed by atoms with Crippen molar-refractivity contribution in [1.82, 2.24) is 14.9 Å². The van der Waals surface area contributed by atoms with Gasteiger partial charge < -0.3 is 0 Å². The maximum atomic E-state index is 12.0. The highest BCUT2D eigenvalue weighted by atomic mass is 79.9. The van der Waals surface area contributed by atoms with Crippen LogP contribution in [0.4, 0.5) is 0 Å². The lowest BCUT2D eigenvalue weighted by molar-refractivity contribution is 0.293. The van der Waals surface area contributed by atoms with Crippen LogP contribution in [0, 0.1) is 5.41 Å². The van der Waals surface area contributed by atoms with Crippen LogP contribution in [0.15, 0.2) is 17.3 Å². The zero-order chi connectivity index (χ0) is 13.1. The molecule has 2 N–H and O–H groups in total. The van der Waals surface area contributed by atoms with Crippen LogP contribution in [0.25, 0.3) is 0 Å². The van der Waals surface area contributed by atoms with Crippen molar-refractivity contribution < 1.29 is 8.42 Å². The lowest BCUT2D eigenvalue weighted by Crippen LogP contribution is -2.43. The van der Waals surface area contributed by atoms with Crippen LogP contribution in [0.3, 0.4) is 0 Å². The van der Waals surface area contributed by atoms with Crippen molar-refractivity contribution in [2.24, 2.45) is 5.41 Å². The van der Waals surface area contributed by atoms with Gasteiger partial charge in [0, 0.05) is 17.6 Å². The highest BCUT2D eigenvalue weighted by molar-refractivity contribution is 9.09. The van der Waals surface area contributed by atoms with Crippen molar-refractivity contribution in [2.75, 3.05) is 5.33 Å². The maximum absolute atomic E-state index is 12.0. The quantitative estimate of drug-likeness (QED) is 0.812. The van der Waals surface area contributed by atoms with Crippen LogP contribution < -0.4 is 4.72 Å². The van der Waals surface area contributed by atoms with Gasteiger partial charge in [-0.2, -0.15) is 5.10 Å². The average molecular weight is 324 g/mol. The Morgan fingerprint density at radius 1 is 1.53 bits per heavy atom. The second-order valence-corrected chi connectivity index (χ2v) is 7.46. The van der Waals surface area contributed by atoms with Crippen LogP contribution in [-0.2, 0) is 10.0 Å². The van der Waals surface area contributed by atoms with E-state index in [4.69, 9.17) is 0 Å². The first-order valence-electron chi connectivity index (χ1n) is 5.34. The molecule has 1 aromatic rings. The highest BCUT2D eigenvalue weighted by Gasteiger charge is 2.29. The molecule has 5 nitrogen and oxygen atoms in total. The van der Waals surface area contributed by atoms with Gasteiger partial charge in [-0.15, -0.1) is 0 Å². The zero-order valence-corrected chi connectivity index (χ0v) is 12.6. The summed E-state index contributed by atoms with van der Waals surface area (Å²) >= 11 is 3.35. The molecule has 0 aliphatic carbocycles. The van der Waals surface area contributed by atoms with Crippen molar-refractivity contribution in [3.8, 4) is 0 Å². The molecule has 98 valence electrons. The predicted octanol–water partition coefficient (Wildman–Crippen LogP) is 1.89. The Labute approximate surface area is 111 Å². The van der Waals surface area contributed by atoms with Crippen molar-refractivity contribution in [3.05, 3.63) is 12.4 Å². The second kappa shape index (κ2) is 5.49. The van der Waals surface area contributed by atoms with Crippen LogP contribution in [-0.4, -0.2) is 30.0 Å². The van der Waals surface area contributed by atoms with Gasteiger partial charge in [0.15, 0.2) is 0 Å². The SMILES string of the molecule is CC(C)(C)C(CCBr)NS(=O)(=O)c1cn[nH]c1. The molecular formula is C10H18BrN3O2S. The smallest absolute Gasteiger partial charge is 0.243 e. The highest BCUT2D eigenvalue weighted by Crippen LogP contribution is 2.24. The van der Waals surface area contributed by atoms with Gasteiger partial charge in [-0.1, -0.05) is 36.7 Å². The van der Waals surface area contributed by atoms with Gasteiger partial charge in [-0.25, -0.2) is 13.1 Å². The van der Waals surface area contributed by atoms with E-state index < -0.39 is 10.0 Å². The number of aromatic nitrogens is 2. The fourth-order valence-corrected chi connectivity index (χ4v) is 3.26. The largest absolute Gasteiger partial charge is 0.284 e. The number of aromatic amines is 1. The number of hydrogen-bond acceptors (Lipinski definition) is 3. The molecule has 0 aliphatic heterocycles. The van der Waals surface area contributed by atoms with Crippen LogP contribution in [0.5, 0.6) is 0 Å². The van der Waals surface area contributed by atoms with Gasteiger partial charge >= 0.3 is 0 Å². The van der Waals surface area contributed by atoms with E-state index >= 15 is 0 Å².